The van der Waals surface area contributed by atoms with Crippen molar-refractivity contribution in [3.05, 3.63) is 65.2 Å². The zero-order valence-electron chi connectivity index (χ0n) is 13.6. The molecular formula is C19H19NO4. The predicted octanol–water partition coefficient (Wildman–Crippen LogP) is 3.61. The summed E-state index contributed by atoms with van der Waals surface area (Å²) in [7, 11) is 1.62. The van der Waals surface area contributed by atoms with E-state index in [9.17, 15) is 9.59 Å². The van der Waals surface area contributed by atoms with E-state index in [-0.39, 0.29) is 11.3 Å². The Kier molecular flexibility index (Phi) is 5.73. The van der Waals surface area contributed by atoms with Crippen LogP contribution in [0.4, 0.5) is 5.69 Å². The third kappa shape index (κ3) is 4.23. The van der Waals surface area contributed by atoms with Gasteiger partial charge in [0.1, 0.15) is 5.75 Å². The molecule has 0 saturated carbocycles. The first-order valence-corrected chi connectivity index (χ1v) is 7.53. The molecule has 0 radical (unpaired) electrons. The summed E-state index contributed by atoms with van der Waals surface area (Å²) in [5, 5.41) is 11.7. The number of carboxylic acids is 1. The van der Waals surface area contributed by atoms with Gasteiger partial charge in [0.2, 0.25) is 5.91 Å². The highest BCUT2D eigenvalue weighted by atomic mass is 16.5. The summed E-state index contributed by atoms with van der Waals surface area (Å²) in [5.74, 6) is -0.662. The van der Waals surface area contributed by atoms with E-state index in [1.807, 2.05) is 25.1 Å². The topological polar surface area (TPSA) is 75.6 Å². The highest BCUT2D eigenvalue weighted by Crippen LogP contribution is 2.21. The highest BCUT2D eigenvalue weighted by molar-refractivity contribution is 6.06. The zero-order valence-corrected chi connectivity index (χ0v) is 13.6. The quantitative estimate of drug-likeness (QED) is 0.796. The molecule has 2 aromatic carbocycles. The normalized spacial score (nSPS) is 10.6. The van der Waals surface area contributed by atoms with Gasteiger partial charge < -0.3 is 15.2 Å². The van der Waals surface area contributed by atoms with Crippen LogP contribution in [-0.2, 0) is 11.2 Å². The monoisotopic (exact) mass is 325 g/mol. The van der Waals surface area contributed by atoms with E-state index in [2.05, 4.69) is 5.32 Å². The first-order valence-electron chi connectivity index (χ1n) is 7.53. The van der Waals surface area contributed by atoms with E-state index < -0.39 is 11.9 Å². The van der Waals surface area contributed by atoms with Crippen LogP contribution in [0.2, 0.25) is 0 Å². The molecule has 2 rings (SSSR count). The van der Waals surface area contributed by atoms with Gasteiger partial charge in [0.15, 0.2) is 0 Å². The molecule has 0 fully saturated rings. The molecule has 0 atom stereocenters. The minimum atomic E-state index is -1.09. The number of benzene rings is 2. The van der Waals surface area contributed by atoms with Gasteiger partial charge in [-0.2, -0.15) is 0 Å². The van der Waals surface area contributed by atoms with Crippen LogP contribution in [0.5, 0.6) is 5.75 Å². The van der Waals surface area contributed by atoms with Crippen molar-refractivity contribution in [2.45, 2.75) is 13.3 Å². The number of ether oxygens (including phenoxy) is 1. The minimum absolute atomic E-state index is 0.0527. The molecule has 24 heavy (non-hydrogen) atoms. The molecule has 5 heteroatoms. The van der Waals surface area contributed by atoms with E-state index in [1.54, 1.807) is 31.4 Å². The fraction of sp³-hybridized carbons (Fsp3) is 0.158. The summed E-state index contributed by atoms with van der Waals surface area (Å²) in [6, 6.07) is 11.9. The maximum Gasteiger partial charge on any atom is 0.337 e. The number of hydrogen-bond acceptors (Lipinski definition) is 3. The molecule has 0 heterocycles. The number of rotatable bonds is 6. The number of methoxy groups -OCH3 is 1. The molecule has 1 amide bonds. The number of para-hydroxylation sites is 1. The molecule has 0 aliphatic heterocycles. The fourth-order valence-corrected chi connectivity index (χ4v) is 2.30. The number of aromatic carboxylic acids is 1. The summed E-state index contributed by atoms with van der Waals surface area (Å²) in [6.07, 6.45) is 3.88. The molecule has 124 valence electrons. The molecule has 0 aromatic heterocycles. The Hall–Kier alpha value is -3.08. The van der Waals surface area contributed by atoms with Crippen LogP contribution < -0.4 is 10.1 Å². The van der Waals surface area contributed by atoms with E-state index in [0.717, 1.165) is 23.3 Å². The molecule has 2 N–H and O–H groups in total. The third-order valence-electron chi connectivity index (χ3n) is 3.53. The summed E-state index contributed by atoms with van der Waals surface area (Å²) < 4.78 is 5.27. The molecule has 0 bridgehead atoms. The minimum Gasteiger partial charge on any atom is -0.496 e. The van der Waals surface area contributed by atoms with E-state index in [4.69, 9.17) is 9.84 Å². The lowest BCUT2D eigenvalue weighted by Crippen LogP contribution is -2.11. The van der Waals surface area contributed by atoms with Gasteiger partial charge in [0.05, 0.1) is 18.4 Å². The average molecular weight is 325 g/mol. The van der Waals surface area contributed by atoms with Crippen molar-refractivity contribution < 1.29 is 19.4 Å². The largest absolute Gasteiger partial charge is 0.496 e. The van der Waals surface area contributed by atoms with Crippen LogP contribution in [-0.4, -0.2) is 24.1 Å². The Labute approximate surface area is 140 Å². The third-order valence-corrected chi connectivity index (χ3v) is 3.53. The number of anilines is 1. The lowest BCUT2D eigenvalue weighted by molar-refractivity contribution is -0.111. The van der Waals surface area contributed by atoms with Gasteiger partial charge in [-0.05, 0) is 47.9 Å². The first kappa shape index (κ1) is 17.3. The van der Waals surface area contributed by atoms with E-state index in [1.165, 1.54) is 12.1 Å². The lowest BCUT2D eigenvalue weighted by Gasteiger charge is -2.07. The Balaban J connectivity index is 2.13. The number of amides is 1. The fourth-order valence-electron chi connectivity index (χ4n) is 2.30. The smallest absolute Gasteiger partial charge is 0.337 e. The Morgan fingerprint density at radius 3 is 2.62 bits per heavy atom. The average Bonchev–Trinajstić information content (AvgIpc) is 2.59. The van der Waals surface area contributed by atoms with Crippen LogP contribution in [0.15, 0.2) is 48.5 Å². The second-order valence-corrected chi connectivity index (χ2v) is 5.10. The van der Waals surface area contributed by atoms with E-state index >= 15 is 0 Å². The second-order valence-electron chi connectivity index (χ2n) is 5.10. The molecule has 5 nitrogen and oxygen atoms in total. The lowest BCUT2D eigenvalue weighted by atomic mass is 10.1. The molecule has 0 saturated heterocycles. The van der Waals surface area contributed by atoms with Crippen molar-refractivity contribution in [2.24, 2.45) is 0 Å². The molecule has 0 aliphatic rings. The van der Waals surface area contributed by atoms with Crippen molar-refractivity contribution in [1.29, 1.82) is 0 Å². The maximum atomic E-state index is 12.0. The standard InChI is InChI=1S/C19H19NO4/c1-3-14-12-13(8-10-17(14)24-2)9-11-18(21)20-16-7-5-4-6-15(16)19(22)23/h4-12H,3H2,1-2H3,(H,20,21)(H,22,23)/b11-9+. The molecule has 2 aromatic rings. The van der Waals surface area contributed by atoms with Crippen molar-refractivity contribution in [3.63, 3.8) is 0 Å². The number of carboxylic acid groups (broad SMARTS) is 1. The second kappa shape index (κ2) is 7.97. The van der Waals surface area contributed by atoms with Crippen LogP contribution in [0, 0.1) is 0 Å². The van der Waals surface area contributed by atoms with Gasteiger partial charge in [0, 0.05) is 6.08 Å². The van der Waals surface area contributed by atoms with Crippen molar-refractivity contribution in [3.8, 4) is 5.75 Å². The van der Waals surface area contributed by atoms with E-state index in [0.29, 0.717) is 0 Å². The predicted molar refractivity (Wildman–Crippen MR) is 93.4 cm³/mol. The Morgan fingerprint density at radius 2 is 1.96 bits per heavy atom. The van der Waals surface area contributed by atoms with Crippen LogP contribution in [0.3, 0.4) is 0 Å². The maximum absolute atomic E-state index is 12.0. The summed E-state index contributed by atoms with van der Waals surface area (Å²) >= 11 is 0. The number of aryl methyl sites for hydroxylation is 1. The van der Waals surface area contributed by atoms with Crippen molar-refractivity contribution in [2.75, 3.05) is 12.4 Å². The summed E-state index contributed by atoms with van der Waals surface area (Å²) in [6.45, 7) is 2.03. The number of hydrogen-bond donors (Lipinski definition) is 2. The SMILES string of the molecule is CCc1cc(/C=C/C(=O)Nc2ccccc2C(=O)O)ccc1OC. The number of carbonyl (C=O) groups excluding carboxylic acids is 1. The van der Waals surface area contributed by atoms with Gasteiger partial charge in [-0.1, -0.05) is 25.1 Å². The van der Waals surface area contributed by atoms with Gasteiger partial charge in [0.25, 0.3) is 0 Å². The Bertz CT molecular complexity index is 781. The van der Waals surface area contributed by atoms with Crippen LogP contribution in [0.25, 0.3) is 6.08 Å². The van der Waals surface area contributed by atoms with Crippen LogP contribution in [0.1, 0.15) is 28.4 Å². The summed E-state index contributed by atoms with van der Waals surface area (Å²) in [5.41, 5.74) is 2.24. The van der Waals surface area contributed by atoms with Gasteiger partial charge >= 0.3 is 5.97 Å². The first-order chi connectivity index (χ1) is 11.5. The van der Waals surface area contributed by atoms with Gasteiger partial charge in [-0.15, -0.1) is 0 Å². The van der Waals surface area contributed by atoms with Gasteiger partial charge in [-0.3, -0.25) is 4.79 Å². The summed E-state index contributed by atoms with van der Waals surface area (Å²) in [4.78, 5) is 23.2. The molecular weight excluding hydrogens is 306 g/mol. The Morgan fingerprint density at radius 1 is 1.21 bits per heavy atom. The zero-order chi connectivity index (χ0) is 17.5. The molecule has 0 unspecified atom stereocenters. The molecule has 0 spiro atoms. The number of nitrogens with one attached hydrogen (secondary N) is 1. The number of carbonyl (C=O) groups is 2. The van der Waals surface area contributed by atoms with Crippen LogP contribution >= 0.6 is 0 Å². The highest BCUT2D eigenvalue weighted by Gasteiger charge is 2.10. The van der Waals surface area contributed by atoms with Crippen molar-refractivity contribution in [1.82, 2.24) is 0 Å². The van der Waals surface area contributed by atoms with Gasteiger partial charge in [-0.25, -0.2) is 4.79 Å². The molecule has 0 aliphatic carbocycles. The van der Waals surface area contributed by atoms with Crippen molar-refractivity contribution >= 4 is 23.6 Å².